The van der Waals surface area contributed by atoms with Crippen molar-refractivity contribution in [3.8, 4) is 5.75 Å². The molecule has 0 heterocycles. The highest BCUT2D eigenvalue weighted by molar-refractivity contribution is 9.10. The SMILES string of the molecule is COC(=O)Cc1c(Br)ccc(Cl)c1O. The maximum atomic E-state index is 11.0. The average molecular weight is 280 g/mol. The molecule has 0 saturated heterocycles. The third-order valence-corrected chi connectivity index (χ3v) is 2.77. The zero-order valence-corrected chi connectivity index (χ0v) is 9.72. The summed E-state index contributed by atoms with van der Waals surface area (Å²) in [5.74, 6) is -0.519. The minimum Gasteiger partial charge on any atom is -0.506 e. The van der Waals surface area contributed by atoms with Crippen LogP contribution in [0.3, 0.4) is 0 Å². The molecule has 3 nitrogen and oxygen atoms in total. The molecular weight excluding hydrogens is 271 g/mol. The Morgan fingerprint density at radius 3 is 2.86 bits per heavy atom. The molecule has 0 unspecified atom stereocenters. The van der Waals surface area contributed by atoms with Gasteiger partial charge in [0.2, 0.25) is 0 Å². The Hall–Kier alpha value is -0.740. The Kier molecular flexibility index (Phi) is 3.77. The molecule has 5 heteroatoms. The lowest BCUT2D eigenvalue weighted by Crippen LogP contribution is -2.05. The largest absolute Gasteiger partial charge is 0.506 e. The van der Waals surface area contributed by atoms with Crippen LogP contribution in [0.2, 0.25) is 5.02 Å². The van der Waals surface area contributed by atoms with Crippen LogP contribution in [0.1, 0.15) is 5.56 Å². The number of rotatable bonds is 2. The first-order valence-corrected chi connectivity index (χ1v) is 4.96. The van der Waals surface area contributed by atoms with Gasteiger partial charge >= 0.3 is 5.97 Å². The van der Waals surface area contributed by atoms with Gasteiger partial charge in [0, 0.05) is 10.0 Å². The van der Waals surface area contributed by atoms with Gasteiger partial charge in [-0.15, -0.1) is 0 Å². The second kappa shape index (κ2) is 4.66. The smallest absolute Gasteiger partial charge is 0.310 e. The van der Waals surface area contributed by atoms with E-state index in [1.165, 1.54) is 7.11 Å². The number of methoxy groups -OCH3 is 1. The van der Waals surface area contributed by atoms with Crippen LogP contribution in [-0.4, -0.2) is 18.2 Å². The number of hydrogen-bond acceptors (Lipinski definition) is 3. The van der Waals surface area contributed by atoms with Gasteiger partial charge in [-0.1, -0.05) is 27.5 Å². The molecule has 1 aromatic carbocycles. The Balaban J connectivity index is 3.06. The van der Waals surface area contributed by atoms with E-state index in [4.69, 9.17) is 11.6 Å². The third-order valence-electron chi connectivity index (χ3n) is 1.73. The molecule has 0 spiro atoms. The van der Waals surface area contributed by atoms with Crippen molar-refractivity contribution < 1.29 is 14.6 Å². The topological polar surface area (TPSA) is 46.5 Å². The summed E-state index contributed by atoms with van der Waals surface area (Å²) in [4.78, 5) is 11.0. The van der Waals surface area contributed by atoms with Gasteiger partial charge in [0.05, 0.1) is 18.6 Å². The van der Waals surface area contributed by atoms with E-state index in [0.717, 1.165) is 0 Å². The Morgan fingerprint density at radius 1 is 1.64 bits per heavy atom. The molecule has 0 amide bonds. The molecule has 14 heavy (non-hydrogen) atoms. The number of halogens is 2. The van der Waals surface area contributed by atoms with Crippen LogP contribution in [0, 0.1) is 0 Å². The summed E-state index contributed by atoms with van der Waals surface area (Å²) in [6.45, 7) is 0. The molecule has 0 atom stereocenters. The number of esters is 1. The first-order chi connectivity index (χ1) is 6.56. The number of ether oxygens (including phenoxy) is 1. The highest BCUT2D eigenvalue weighted by Gasteiger charge is 2.13. The number of benzene rings is 1. The molecule has 1 rings (SSSR count). The standard InChI is InChI=1S/C9H8BrClO3/c1-14-8(12)4-5-6(10)2-3-7(11)9(5)13/h2-3,13H,4H2,1H3. The van der Waals surface area contributed by atoms with Gasteiger partial charge in [-0.25, -0.2) is 0 Å². The quantitative estimate of drug-likeness (QED) is 0.846. The predicted octanol–water partition coefficient (Wildman–Crippen LogP) is 2.52. The Bertz CT molecular complexity index is 365. The summed E-state index contributed by atoms with van der Waals surface area (Å²) in [5, 5.41) is 9.77. The fraction of sp³-hybridized carbons (Fsp3) is 0.222. The van der Waals surface area contributed by atoms with E-state index in [1.807, 2.05) is 0 Å². The summed E-state index contributed by atoms with van der Waals surface area (Å²) in [7, 11) is 1.29. The van der Waals surface area contributed by atoms with E-state index in [-0.39, 0.29) is 17.2 Å². The van der Waals surface area contributed by atoms with E-state index in [9.17, 15) is 9.90 Å². The summed E-state index contributed by atoms with van der Waals surface area (Å²) in [6.07, 6.45) is -0.0104. The molecule has 0 aliphatic heterocycles. The fourth-order valence-corrected chi connectivity index (χ4v) is 1.60. The van der Waals surface area contributed by atoms with Crippen molar-refractivity contribution in [3.05, 3.63) is 27.2 Å². The van der Waals surface area contributed by atoms with Gasteiger partial charge in [-0.05, 0) is 12.1 Å². The molecule has 0 saturated carbocycles. The lowest BCUT2D eigenvalue weighted by atomic mass is 10.1. The molecule has 0 aliphatic carbocycles. The number of carbonyl (C=O) groups excluding carboxylic acids is 1. The zero-order chi connectivity index (χ0) is 10.7. The first kappa shape index (κ1) is 11.3. The van der Waals surface area contributed by atoms with Crippen LogP contribution >= 0.6 is 27.5 Å². The second-order valence-electron chi connectivity index (χ2n) is 2.61. The lowest BCUT2D eigenvalue weighted by Gasteiger charge is -2.07. The van der Waals surface area contributed by atoms with Gasteiger partial charge in [-0.3, -0.25) is 4.79 Å². The van der Waals surface area contributed by atoms with Crippen molar-refractivity contribution in [2.45, 2.75) is 6.42 Å². The van der Waals surface area contributed by atoms with Gasteiger partial charge in [0.15, 0.2) is 0 Å². The summed E-state index contributed by atoms with van der Waals surface area (Å²) >= 11 is 8.90. The van der Waals surface area contributed by atoms with Gasteiger partial charge in [0.25, 0.3) is 0 Å². The van der Waals surface area contributed by atoms with E-state index in [2.05, 4.69) is 20.7 Å². The minimum absolute atomic E-state index is 0.0104. The summed E-state index contributed by atoms with van der Waals surface area (Å²) < 4.78 is 5.12. The molecule has 0 fully saturated rings. The van der Waals surface area contributed by atoms with Crippen molar-refractivity contribution in [1.29, 1.82) is 0 Å². The predicted molar refractivity (Wildman–Crippen MR) is 56.5 cm³/mol. The van der Waals surface area contributed by atoms with Crippen LogP contribution in [0.15, 0.2) is 16.6 Å². The van der Waals surface area contributed by atoms with Crippen molar-refractivity contribution in [2.75, 3.05) is 7.11 Å². The monoisotopic (exact) mass is 278 g/mol. The van der Waals surface area contributed by atoms with Crippen LogP contribution in [0.5, 0.6) is 5.75 Å². The van der Waals surface area contributed by atoms with E-state index < -0.39 is 5.97 Å². The van der Waals surface area contributed by atoms with Gasteiger partial charge in [0.1, 0.15) is 5.75 Å². The number of aromatic hydroxyl groups is 1. The summed E-state index contributed by atoms with van der Waals surface area (Å²) in [6, 6.07) is 3.21. The third kappa shape index (κ3) is 2.39. The fourth-order valence-electron chi connectivity index (χ4n) is 0.968. The highest BCUT2D eigenvalue weighted by Crippen LogP contribution is 2.33. The second-order valence-corrected chi connectivity index (χ2v) is 3.87. The number of hydrogen-bond donors (Lipinski definition) is 1. The van der Waals surface area contributed by atoms with Crippen LogP contribution in [-0.2, 0) is 16.0 Å². The van der Waals surface area contributed by atoms with Crippen molar-refractivity contribution >= 4 is 33.5 Å². The Morgan fingerprint density at radius 2 is 2.29 bits per heavy atom. The summed E-state index contributed by atoms with van der Waals surface area (Å²) in [5.41, 5.74) is 0.435. The maximum Gasteiger partial charge on any atom is 0.310 e. The minimum atomic E-state index is -0.428. The molecule has 0 bridgehead atoms. The molecule has 0 aliphatic rings. The highest BCUT2D eigenvalue weighted by atomic mass is 79.9. The van der Waals surface area contributed by atoms with E-state index >= 15 is 0 Å². The normalized spacial score (nSPS) is 9.93. The van der Waals surface area contributed by atoms with Gasteiger partial charge in [-0.2, -0.15) is 0 Å². The van der Waals surface area contributed by atoms with Gasteiger partial charge < -0.3 is 9.84 Å². The van der Waals surface area contributed by atoms with E-state index in [1.54, 1.807) is 12.1 Å². The molecule has 0 radical (unpaired) electrons. The van der Waals surface area contributed by atoms with Crippen molar-refractivity contribution in [2.24, 2.45) is 0 Å². The molecule has 1 N–H and O–H groups in total. The lowest BCUT2D eigenvalue weighted by molar-refractivity contribution is -0.139. The Labute approximate surface area is 94.8 Å². The maximum absolute atomic E-state index is 11.0. The number of phenolic OH excluding ortho intramolecular Hbond substituents is 1. The molecule has 76 valence electrons. The first-order valence-electron chi connectivity index (χ1n) is 3.79. The van der Waals surface area contributed by atoms with Crippen molar-refractivity contribution in [3.63, 3.8) is 0 Å². The van der Waals surface area contributed by atoms with Crippen molar-refractivity contribution in [1.82, 2.24) is 0 Å². The molecule has 0 aromatic heterocycles. The molecular formula is C9H8BrClO3. The number of carbonyl (C=O) groups is 1. The average Bonchev–Trinajstić information content (AvgIpc) is 2.18. The molecule has 1 aromatic rings. The van der Waals surface area contributed by atoms with Crippen LogP contribution in [0.25, 0.3) is 0 Å². The van der Waals surface area contributed by atoms with E-state index in [0.29, 0.717) is 10.0 Å². The van der Waals surface area contributed by atoms with Crippen LogP contribution in [0.4, 0.5) is 0 Å². The number of phenols is 1. The van der Waals surface area contributed by atoms with Crippen LogP contribution < -0.4 is 0 Å². The zero-order valence-electron chi connectivity index (χ0n) is 7.38.